The summed E-state index contributed by atoms with van der Waals surface area (Å²) in [7, 11) is 0. The third-order valence-electron chi connectivity index (χ3n) is 4.87. The molecule has 29 heavy (non-hydrogen) atoms. The number of rotatable bonds is 7. The van der Waals surface area contributed by atoms with E-state index in [1.165, 1.54) is 5.56 Å². The van der Waals surface area contributed by atoms with Crippen LogP contribution in [0.2, 0.25) is 0 Å². The highest BCUT2D eigenvalue weighted by Crippen LogP contribution is 2.24. The van der Waals surface area contributed by atoms with Crippen molar-refractivity contribution in [3.05, 3.63) is 35.9 Å². The van der Waals surface area contributed by atoms with Gasteiger partial charge in [0.2, 0.25) is 5.91 Å². The van der Waals surface area contributed by atoms with Crippen LogP contribution < -0.4 is 5.32 Å². The Kier molecular flexibility index (Phi) is 8.87. The predicted molar refractivity (Wildman–Crippen MR) is 120 cm³/mol. The van der Waals surface area contributed by atoms with E-state index in [4.69, 9.17) is 4.74 Å². The number of carbonyl (C=O) groups excluding carboxylic acids is 2. The van der Waals surface area contributed by atoms with Crippen molar-refractivity contribution in [1.82, 2.24) is 10.2 Å². The molecule has 2 amide bonds. The van der Waals surface area contributed by atoms with Gasteiger partial charge in [-0.2, -0.15) is 0 Å². The Bertz CT molecular complexity index is 658. The molecule has 5 nitrogen and oxygen atoms in total. The van der Waals surface area contributed by atoms with Crippen molar-refractivity contribution in [1.29, 1.82) is 0 Å². The van der Waals surface area contributed by atoms with E-state index in [0.29, 0.717) is 13.1 Å². The number of thioether (sulfide) groups is 1. The Balaban J connectivity index is 1.83. The van der Waals surface area contributed by atoms with E-state index >= 15 is 0 Å². The standard InChI is InChI=1S/C23H36N2O3S/c1-17(2)20(29-16-18-10-7-6-8-11-18)21(26)24-14-19-12-9-13-25(15-19)22(27)28-23(3,4)5/h6-8,10-11,17,19-20H,9,12-16H2,1-5H3,(H,24,26). The molecule has 1 fully saturated rings. The van der Waals surface area contributed by atoms with Gasteiger partial charge < -0.3 is 15.0 Å². The van der Waals surface area contributed by atoms with Crippen LogP contribution in [0.5, 0.6) is 0 Å². The number of nitrogens with zero attached hydrogens (tertiary/aromatic N) is 1. The molecule has 0 radical (unpaired) electrons. The lowest BCUT2D eigenvalue weighted by Crippen LogP contribution is -2.46. The van der Waals surface area contributed by atoms with Gasteiger partial charge in [0.25, 0.3) is 0 Å². The lowest BCUT2D eigenvalue weighted by atomic mass is 9.98. The molecule has 1 aliphatic heterocycles. The number of nitrogens with one attached hydrogen (secondary N) is 1. The summed E-state index contributed by atoms with van der Waals surface area (Å²) in [5.74, 6) is 1.45. The smallest absolute Gasteiger partial charge is 0.410 e. The summed E-state index contributed by atoms with van der Waals surface area (Å²) in [6.45, 7) is 11.8. The van der Waals surface area contributed by atoms with Crippen LogP contribution >= 0.6 is 11.8 Å². The molecule has 1 aliphatic rings. The van der Waals surface area contributed by atoms with E-state index in [-0.39, 0.29) is 29.1 Å². The minimum absolute atomic E-state index is 0.0826. The number of hydrogen-bond acceptors (Lipinski definition) is 4. The summed E-state index contributed by atoms with van der Waals surface area (Å²) >= 11 is 1.69. The summed E-state index contributed by atoms with van der Waals surface area (Å²) in [5.41, 5.74) is 0.745. The minimum atomic E-state index is -0.487. The zero-order chi connectivity index (χ0) is 21.4. The molecule has 0 spiro atoms. The molecule has 0 saturated carbocycles. The number of hydrogen-bond donors (Lipinski definition) is 1. The van der Waals surface area contributed by atoms with Gasteiger partial charge in [0.1, 0.15) is 5.60 Å². The molecule has 2 unspecified atom stereocenters. The number of benzene rings is 1. The highest BCUT2D eigenvalue weighted by atomic mass is 32.2. The highest BCUT2D eigenvalue weighted by Gasteiger charge is 2.29. The number of ether oxygens (including phenoxy) is 1. The Labute approximate surface area is 179 Å². The van der Waals surface area contributed by atoms with Gasteiger partial charge in [0, 0.05) is 25.4 Å². The largest absolute Gasteiger partial charge is 0.444 e. The topological polar surface area (TPSA) is 58.6 Å². The predicted octanol–water partition coefficient (Wildman–Crippen LogP) is 4.71. The first-order valence-corrected chi connectivity index (χ1v) is 11.6. The fourth-order valence-electron chi connectivity index (χ4n) is 3.40. The Hall–Kier alpha value is -1.69. The van der Waals surface area contributed by atoms with Crippen molar-refractivity contribution < 1.29 is 14.3 Å². The average Bonchev–Trinajstić information content (AvgIpc) is 2.66. The van der Waals surface area contributed by atoms with Gasteiger partial charge in [0.15, 0.2) is 0 Å². The molecule has 2 atom stereocenters. The van der Waals surface area contributed by atoms with Crippen molar-refractivity contribution in [2.45, 2.75) is 64.1 Å². The molecular formula is C23H36N2O3S. The van der Waals surface area contributed by atoms with Crippen molar-refractivity contribution >= 4 is 23.8 Å². The van der Waals surface area contributed by atoms with Crippen LogP contribution in [0.25, 0.3) is 0 Å². The third kappa shape index (κ3) is 8.29. The van der Waals surface area contributed by atoms with Gasteiger partial charge in [-0.1, -0.05) is 44.2 Å². The number of piperidine rings is 1. The summed E-state index contributed by atoms with van der Waals surface area (Å²) in [4.78, 5) is 26.9. The molecule has 1 saturated heterocycles. The molecule has 0 aromatic heterocycles. The second kappa shape index (κ2) is 10.9. The number of carbonyl (C=O) groups is 2. The average molecular weight is 421 g/mol. The first kappa shape index (κ1) is 23.6. The molecule has 0 bridgehead atoms. The van der Waals surface area contributed by atoms with E-state index in [0.717, 1.165) is 25.1 Å². The molecule has 0 aliphatic carbocycles. The van der Waals surface area contributed by atoms with E-state index < -0.39 is 5.60 Å². The third-order valence-corrected chi connectivity index (χ3v) is 6.49. The van der Waals surface area contributed by atoms with Crippen molar-refractivity contribution in [3.8, 4) is 0 Å². The molecule has 1 N–H and O–H groups in total. The minimum Gasteiger partial charge on any atom is -0.444 e. The fourth-order valence-corrected chi connectivity index (χ4v) is 4.58. The molecular weight excluding hydrogens is 384 g/mol. The van der Waals surface area contributed by atoms with E-state index in [1.54, 1.807) is 16.7 Å². The van der Waals surface area contributed by atoms with E-state index in [1.807, 2.05) is 39.0 Å². The first-order chi connectivity index (χ1) is 13.7. The summed E-state index contributed by atoms with van der Waals surface area (Å²) < 4.78 is 5.49. The molecule has 1 aromatic rings. The maximum atomic E-state index is 12.8. The lowest BCUT2D eigenvalue weighted by Gasteiger charge is -2.34. The molecule has 6 heteroatoms. The van der Waals surface area contributed by atoms with Crippen LogP contribution in [-0.4, -0.2) is 47.4 Å². The first-order valence-electron chi connectivity index (χ1n) is 10.6. The second-order valence-corrected chi connectivity index (χ2v) is 10.3. The normalized spacial score (nSPS) is 18.4. The second-order valence-electron chi connectivity index (χ2n) is 9.14. The zero-order valence-electron chi connectivity index (χ0n) is 18.4. The van der Waals surface area contributed by atoms with Crippen LogP contribution in [0, 0.1) is 11.8 Å². The van der Waals surface area contributed by atoms with Gasteiger partial charge in [-0.05, 0) is 51.0 Å². The Morgan fingerprint density at radius 2 is 1.93 bits per heavy atom. The zero-order valence-corrected chi connectivity index (χ0v) is 19.3. The Morgan fingerprint density at radius 3 is 2.55 bits per heavy atom. The van der Waals surface area contributed by atoms with Crippen molar-refractivity contribution in [2.24, 2.45) is 11.8 Å². The van der Waals surface area contributed by atoms with Crippen LogP contribution in [0.3, 0.4) is 0 Å². The molecule has 1 aromatic carbocycles. The van der Waals surface area contributed by atoms with Gasteiger partial charge in [-0.15, -0.1) is 11.8 Å². The van der Waals surface area contributed by atoms with Gasteiger partial charge >= 0.3 is 6.09 Å². The van der Waals surface area contributed by atoms with Crippen LogP contribution in [0.1, 0.15) is 53.0 Å². The fraction of sp³-hybridized carbons (Fsp3) is 0.652. The van der Waals surface area contributed by atoms with Crippen LogP contribution in [0.4, 0.5) is 4.79 Å². The number of amides is 2. The lowest BCUT2D eigenvalue weighted by molar-refractivity contribution is -0.121. The highest BCUT2D eigenvalue weighted by molar-refractivity contribution is 7.99. The summed E-state index contributed by atoms with van der Waals surface area (Å²) in [6, 6.07) is 10.2. The molecule has 162 valence electrons. The molecule has 1 heterocycles. The maximum Gasteiger partial charge on any atom is 0.410 e. The van der Waals surface area contributed by atoms with Crippen LogP contribution in [-0.2, 0) is 15.3 Å². The maximum absolute atomic E-state index is 12.8. The quantitative estimate of drug-likeness (QED) is 0.694. The number of likely N-dealkylation sites (tertiary alicyclic amines) is 1. The van der Waals surface area contributed by atoms with Gasteiger partial charge in [0.05, 0.1) is 5.25 Å². The van der Waals surface area contributed by atoms with E-state index in [2.05, 4.69) is 31.3 Å². The monoisotopic (exact) mass is 420 g/mol. The van der Waals surface area contributed by atoms with Crippen LogP contribution in [0.15, 0.2) is 30.3 Å². The Morgan fingerprint density at radius 1 is 1.24 bits per heavy atom. The summed E-state index contributed by atoms with van der Waals surface area (Å²) in [6.07, 6.45) is 1.70. The van der Waals surface area contributed by atoms with Gasteiger partial charge in [-0.25, -0.2) is 4.79 Å². The van der Waals surface area contributed by atoms with Gasteiger partial charge in [-0.3, -0.25) is 4.79 Å². The summed E-state index contributed by atoms with van der Waals surface area (Å²) in [5, 5.41) is 3.06. The van der Waals surface area contributed by atoms with Crippen molar-refractivity contribution in [2.75, 3.05) is 19.6 Å². The van der Waals surface area contributed by atoms with Crippen molar-refractivity contribution in [3.63, 3.8) is 0 Å². The SMILES string of the molecule is CC(C)C(SCc1ccccc1)C(=O)NCC1CCCN(C(=O)OC(C)(C)C)C1. The molecule has 2 rings (SSSR count). The van der Waals surface area contributed by atoms with E-state index in [9.17, 15) is 9.59 Å².